The van der Waals surface area contributed by atoms with Crippen LogP contribution in [0.15, 0.2) is 47.4 Å². The van der Waals surface area contributed by atoms with Crippen molar-refractivity contribution in [1.29, 1.82) is 0 Å². The van der Waals surface area contributed by atoms with Gasteiger partial charge in [0, 0.05) is 6.54 Å². The van der Waals surface area contributed by atoms with Crippen LogP contribution in [0.1, 0.15) is 31.6 Å². The maximum absolute atomic E-state index is 12.0. The number of carbonyl (C=O) groups is 1. The van der Waals surface area contributed by atoms with E-state index in [1.54, 1.807) is 30.3 Å². The van der Waals surface area contributed by atoms with Gasteiger partial charge in [-0.05, 0) is 30.7 Å². The summed E-state index contributed by atoms with van der Waals surface area (Å²) < 4.78 is 29.7. The first-order valence-electron chi connectivity index (χ1n) is 7.74. The van der Waals surface area contributed by atoms with E-state index >= 15 is 0 Å². The van der Waals surface area contributed by atoms with Crippen molar-refractivity contribution in [1.82, 2.24) is 0 Å². The predicted octanol–water partition coefficient (Wildman–Crippen LogP) is 0.153. The largest absolute Gasteiger partial charge is 1.00 e. The van der Waals surface area contributed by atoms with E-state index in [0.717, 1.165) is 18.9 Å². The first kappa shape index (κ1) is 22.5. The number of primary sulfonamides is 1. The van der Waals surface area contributed by atoms with E-state index in [4.69, 9.17) is 9.88 Å². The van der Waals surface area contributed by atoms with E-state index < -0.39 is 16.0 Å². The van der Waals surface area contributed by atoms with Gasteiger partial charge in [-0.2, -0.15) is 0 Å². The van der Waals surface area contributed by atoms with Gasteiger partial charge in [0.25, 0.3) is 0 Å². The minimum Gasteiger partial charge on any atom is -1.00 e. The third-order valence-corrected chi connectivity index (χ3v) is 4.33. The van der Waals surface area contributed by atoms with Gasteiger partial charge < -0.3 is 16.6 Å². The van der Waals surface area contributed by atoms with Crippen molar-refractivity contribution in [2.45, 2.75) is 24.7 Å². The molecular weight excluding hydrogens is 367 g/mol. The van der Waals surface area contributed by atoms with Crippen LogP contribution in [-0.4, -0.2) is 26.0 Å². The fraction of sp³-hybridized carbons (Fsp3) is 0.235. The first-order valence-corrected chi connectivity index (χ1v) is 9.28. The number of rotatable bonds is 8. The van der Waals surface area contributed by atoms with Gasteiger partial charge in [-0.25, -0.2) is 18.4 Å². The van der Waals surface area contributed by atoms with Crippen LogP contribution in [0.5, 0.6) is 11.5 Å². The van der Waals surface area contributed by atoms with E-state index in [0.29, 0.717) is 12.3 Å². The quantitative estimate of drug-likeness (QED) is 0.438. The number of unbranched alkanes of at least 4 members (excludes halogenated alkanes) is 1. The van der Waals surface area contributed by atoms with E-state index in [9.17, 15) is 18.3 Å². The molecular formula is C17H21N2NaO5S. The van der Waals surface area contributed by atoms with Crippen molar-refractivity contribution in [3.63, 3.8) is 0 Å². The van der Waals surface area contributed by atoms with Gasteiger partial charge in [0.05, 0.1) is 11.3 Å². The summed E-state index contributed by atoms with van der Waals surface area (Å²) in [4.78, 5) is 10.9. The summed E-state index contributed by atoms with van der Waals surface area (Å²) in [5.41, 5.74) is 0.0738. The van der Waals surface area contributed by atoms with Gasteiger partial charge in [-0.1, -0.05) is 31.5 Å². The Balaban J connectivity index is 0.00000338. The molecule has 4 N–H and O–H groups in total. The van der Waals surface area contributed by atoms with Gasteiger partial charge in [-0.15, -0.1) is 0 Å². The summed E-state index contributed by atoms with van der Waals surface area (Å²) in [5.74, 6) is -0.862. The van der Waals surface area contributed by atoms with Crippen LogP contribution in [0.3, 0.4) is 0 Å². The molecule has 0 aromatic heterocycles. The van der Waals surface area contributed by atoms with Gasteiger partial charge in [0.2, 0.25) is 10.0 Å². The number of benzene rings is 2. The van der Waals surface area contributed by atoms with Gasteiger partial charge in [0.15, 0.2) is 5.75 Å². The van der Waals surface area contributed by atoms with Crippen LogP contribution in [0, 0.1) is 0 Å². The predicted molar refractivity (Wildman–Crippen MR) is 95.8 cm³/mol. The number of anilines is 1. The van der Waals surface area contributed by atoms with Gasteiger partial charge in [-0.3, -0.25) is 0 Å². The third kappa shape index (κ3) is 6.00. The number of ether oxygens (including phenoxy) is 1. The van der Waals surface area contributed by atoms with Crippen LogP contribution >= 0.6 is 0 Å². The molecule has 0 spiro atoms. The molecule has 0 fully saturated rings. The van der Waals surface area contributed by atoms with Crippen molar-refractivity contribution < 1.29 is 54.0 Å². The maximum Gasteiger partial charge on any atom is 1.00 e. The average molecular weight is 388 g/mol. The molecule has 0 unspecified atom stereocenters. The Hall–Kier alpha value is -1.58. The zero-order valence-electron chi connectivity index (χ0n) is 15.7. The van der Waals surface area contributed by atoms with Crippen LogP contribution in [-0.2, 0) is 10.0 Å². The third-order valence-electron chi connectivity index (χ3n) is 3.42. The second-order valence-corrected chi connectivity index (χ2v) is 6.93. The smallest absolute Gasteiger partial charge is 1.00 e. The van der Waals surface area contributed by atoms with Crippen molar-refractivity contribution in [3.05, 3.63) is 48.0 Å². The van der Waals surface area contributed by atoms with Crippen molar-refractivity contribution >= 4 is 21.7 Å². The van der Waals surface area contributed by atoms with Gasteiger partial charge >= 0.3 is 35.5 Å². The van der Waals surface area contributed by atoms with E-state index in [2.05, 4.69) is 5.32 Å². The minimum atomic E-state index is -4.19. The molecule has 9 heteroatoms. The molecule has 0 heterocycles. The van der Waals surface area contributed by atoms with Crippen molar-refractivity contribution in [2.24, 2.45) is 5.14 Å². The summed E-state index contributed by atoms with van der Waals surface area (Å²) >= 11 is 0. The fourth-order valence-corrected chi connectivity index (χ4v) is 2.88. The summed E-state index contributed by atoms with van der Waals surface area (Å²) in [6.45, 7) is 2.54. The van der Waals surface area contributed by atoms with E-state index in [1.165, 1.54) is 6.07 Å². The molecule has 0 aliphatic carbocycles. The Morgan fingerprint density at radius 2 is 1.92 bits per heavy atom. The molecule has 0 saturated carbocycles. The molecule has 0 aliphatic rings. The van der Waals surface area contributed by atoms with Gasteiger partial charge in [0.1, 0.15) is 10.6 Å². The molecule has 0 atom stereocenters. The molecule has 7 nitrogen and oxygen atoms in total. The number of hydrogen-bond donors (Lipinski definition) is 3. The number of nitrogens with two attached hydrogens (primary N) is 1. The summed E-state index contributed by atoms with van der Waals surface area (Å²) in [6.07, 6.45) is 1.75. The van der Waals surface area contributed by atoms with Crippen LogP contribution in [0.2, 0.25) is 0 Å². The molecule has 2 aromatic rings. The van der Waals surface area contributed by atoms with E-state index in [-0.39, 0.29) is 52.9 Å². The number of sulfonamides is 1. The fourth-order valence-electron chi connectivity index (χ4n) is 2.18. The number of nitrogens with one attached hydrogen (secondary N) is 1. The average Bonchev–Trinajstić information content (AvgIpc) is 2.56. The molecule has 26 heavy (non-hydrogen) atoms. The van der Waals surface area contributed by atoms with Crippen molar-refractivity contribution in [2.75, 3.05) is 11.9 Å². The Morgan fingerprint density at radius 1 is 1.27 bits per heavy atom. The number of hydrogen-bond acceptors (Lipinski definition) is 5. The number of para-hydroxylation sites is 1. The second kappa shape index (κ2) is 9.94. The number of carboxylic acids is 1. The van der Waals surface area contributed by atoms with Crippen LogP contribution < -0.4 is 44.7 Å². The van der Waals surface area contributed by atoms with Crippen LogP contribution in [0.4, 0.5) is 5.69 Å². The number of aromatic carboxylic acids is 1. The van der Waals surface area contributed by atoms with E-state index in [1.807, 2.05) is 6.92 Å². The van der Waals surface area contributed by atoms with Crippen LogP contribution in [0.25, 0.3) is 0 Å². The SMILES string of the molecule is CCCCNc1cc(C(=O)O)cc(S(N)(=O)=O)c1Oc1ccccc1.[H-].[Na+]. The maximum atomic E-state index is 12.0. The Bertz CT molecular complexity index is 863. The molecule has 0 amide bonds. The summed E-state index contributed by atoms with van der Waals surface area (Å²) in [5, 5.41) is 17.6. The Labute approximate surface area is 176 Å². The summed E-state index contributed by atoms with van der Waals surface area (Å²) in [6, 6.07) is 10.9. The van der Waals surface area contributed by atoms with Crippen molar-refractivity contribution in [3.8, 4) is 11.5 Å². The first-order chi connectivity index (χ1) is 11.8. The number of carboxylic acid groups (broad SMARTS) is 1. The molecule has 0 saturated heterocycles. The summed E-state index contributed by atoms with van der Waals surface area (Å²) in [7, 11) is -4.19. The second-order valence-electron chi connectivity index (χ2n) is 5.40. The Morgan fingerprint density at radius 3 is 2.46 bits per heavy atom. The molecule has 0 bridgehead atoms. The molecule has 2 rings (SSSR count). The normalized spacial score (nSPS) is 10.7. The standard InChI is InChI=1S/C17H20N2O5S.Na.H/c1-2-3-9-19-14-10-12(17(20)21)11-15(25(18,22)23)16(14)24-13-7-5-4-6-8-13;;/h4-8,10-11,19H,2-3,9H2,1H3,(H,20,21)(H2,18,22,23);;/q;+1;-1. The Kier molecular flexibility index (Phi) is 8.58. The molecule has 136 valence electrons. The topological polar surface area (TPSA) is 119 Å². The molecule has 0 aliphatic heterocycles. The minimum absolute atomic E-state index is 0. The monoisotopic (exact) mass is 388 g/mol. The molecule has 2 aromatic carbocycles. The zero-order chi connectivity index (χ0) is 18.4. The zero-order valence-corrected chi connectivity index (χ0v) is 17.5. The molecule has 0 radical (unpaired) electrons.